The third kappa shape index (κ3) is 56.3. The molecule has 0 bridgehead atoms. The van der Waals surface area contributed by atoms with E-state index in [2.05, 4.69) is 13.8 Å². The molecule has 0 radical (unpaired) electrons. The van der Waals surface area contributed by atoms with Gasteiger partial charge in [0, 0.05) is 19.4 Å². The second kappa shape index (κ2) is 57.3. The first-order valence-electron chi connectivity index (χ1n) is 31.0. The number of nitrogens with two attached hydrogens (primary N) is 1. The number of esters is 2. The molecule has 9 nitrogen and oxygen atoms in total. The van der Waals surface area contributed by atoms with Crippen LogP contribution in [-0.2, 0) is 32.7 Å². The zero-order chi connectivity index (χ0) is 51.0. The first kappa shape index (κ1) is 69.0. The SMILES string of the molecule is CCCCCCCCCCCCCCCCCCCCCCCCCCCCCCCCCCCCCC(=O)OC(COC(=O)CCCCCCCCCCCCCCCC)COP(=O)(O)OCCN. The molecule has 2 atom stereocenters. The van der Waals surface area contributed by atoms with Crippen LogP contribution in [0.25, 0.3) is 0 Å². The first-order chi connectivity index (χ1) is 34.3. The number of phosphoric ester groups is 1. The van der Waals surface area contributed by atoms with Gasteiger partial charge in [-0.15, -0.1) is 0 Å². The smallest absolute Gasteiger partial charge is 0.462 e. The van der Waals surface area contributed by atoms with Gasteiger partial charge >= 0.3 is 19.8 Å². The van der Waals surface area contributed by atoms with Gasteiger partial charge < -0.3 is 20.1 Å². The Labute approximate surface area is 435 Å². The van der Waals surface area contributed by atoms with Crippen LogP contribution in [0.15, 0.2) is 0 Å². The predicted octanol–water partition coefficient (Wildman–Crippen LogP) is 19.5. The quantitative estimate of drug-likeness (QED) is 0.0347. The Bertz CT molecular complexity index is 1110. The molecule has 0 saturated heterocycles. The molecule has 0 heterocycles. The van der Waals surface area contributed by atoms with E-state index in [0.717, 1.165) is 32.1 Å². The third-order valence-corrected chi connectivity index (χ3v) is 15.2. The summed E-state index contributed by atoms with van der Waals surface area (Å²) in [6, 6.07) is 0. The molecule has 0 saturated carbocycles. The van der Waals surface area contributed by atoms with Crippen molar-refractivity contribution in [2.24, 2.45) is 5.73 Å². The van der Waals surface area contributed by atoms with Gasteiger partial charge in [0.25, 0.3) is 0 Å². The van der Waals surface area contributed by atoms with Gasteiger partial charge in [0.15, 0.2) is 6.10 Å². The lowest BCUT2D eigenvalue weighted by Gasteiger charge is -2.19. The average molecular weight is 1010 g/mol. The number of ether oxygens (including phenoxy) is 2. The zero-order valence-corrected chi connectivity index (χ0v) is 47.7. The number of phosphoric acid groups is 1. The molecule has 10 heteroatoms. The molecular weight excluding hydrogens is 894 g/mol. The highest BCUT2D eigenvalue weighted by Crippen LogP contribution is 2.43. The molecule has 0 rings (SSSR count). The van der Waals surface area contributed by atoms with E-state index in [9.17, 15) is 19.0 Å². The average Bonchev–Trinajstić information content (AvgIpc) is 3.35. The van der Waals surface area contributed by atoms with E-state index in [4.69, 9.17) is 24.3 Å². The van der Waals surface area contributed by atoms with Crippen LogP contribution in [-0.4, -0.2) is 49.3 Å². The molecule has 0 aromatic heterocycles. The normalized spacial score (nSPS) is 12.9. The Morgan fingerprint density at radius 3 is 0.871 bits per heavy atom. The molecule has 0 fully saturated rings. The molecule has 0 aliphatic rings. The number of rotatable bonds is 60. The summed E-state index contributed by atoms with van der Waals surface area (Å²) in [7, 11) is -4.38. The lowest BCUT2D eigenvalue weighted by atomic mass is 10.0. The number of carbonyl (C=O) groups is 2. The number of hydrogen-bond acceptors (Lipinski definition) is 8. The van der Waals surface area contributed by atoms with Gasteiger partial charge in [-0.2, -0.15) is 0 Å². The molecule has 0 aromatic carbocycles. The van der Waals surface area contributed by atoms with E-state index in [1.54, 1.807) is 0 Å². The van der Waals surface area contributed by atoms with Crippen LogP contribution in [0.2, 0.25) is 0 Å². The van der Waals surface area contributed by atoms with Crippen LogP contribution >= 0.6 is 7.82 Å². The Balaban J connectivity index is 3.74. The van der Waals surface area contributed by atoms with Crippen LogP contribution in [0.4, 0.5) is 0 Å². The third-order valence-electron chi connectivity index (χ3n) is 14.2. The second-order valence-electron chi connectivity index (χ2n) is 21.3. The van der Waals surface area contributed by atoms with Crippen molar-refractivity contribution in [2.45, 2.75) is 347 Å². The maximum absolute atomic E-state index is 12.7. The minimum atomic E-state index is -4.38. The molecule has 0 aliphatic carbocycles. The van der Waals surface area contributed by atoms with Crippen molar-refractivity contribution in [3.63, 3.8) is 0 Å². The van der Waals surface area contributed by atoms with Crippen molar-refractivity contribution in [1.29, 1.82) is 0 Å². The largest absolute Gasteiger partial charge is 0.472 e. The maximum atomic E-state index is 12.7. The van der Waals surface area contributed by atoms with Crippen LogP contribution in [0.5, 0.6) is 0 Å². The number of hydrogen-bond donors (Lipinski definition) is 2. The van der Waals surface area contributed by atoms with Crippen molar-refractivity contribution in [2.75, 3.05) is 26.4 Å². The summed E-state index contributed by atoms with van der Waals surface area (Å²) in [5, 5.41) is 0. The topological polar surface area (TPSA) is 134 Å². The van der Waals surface area contributed by atoms with Crippen molar-refractivity contribution in [3.8, 4) is 0 Å². The monoisotopic (exact) mass is 1010 g/mol. The highest BCUT2D eigenvalue weighted by molar-refractivity contribution is 7.47. The van der Waals surface area contributed by atoms with E-state index < -0.39 is 26.5 Å². The Morgan fingerprint density at radius 1 is 0.371 bits per heavy atom. The van der Waals surface area contributed by atoms with Gasteiger partial charge in [-0.25, -0.2) is 4.57 Å². The fraction of sp³-hybridized carbons (Fsp3) is 0.967. The summed E-state index contributed by atoms with van der Waals surface area (Å²) in [5.41, 5.74) is 5.38. The zero-order valence-electron chi connectivity index (χ0n) is 46.8. The van der Waals surface area contributed by atoms with E-state index in [1.807, 2.05) is 0 Å². The number of carbonyl (C=O) groups excluding carboxylic acids is 2. The van der Waals surface area contributed by atoms with Crippen LogP contribution < -0.4 is 5.73 Å². The minimum Gasteiger partial charge on any atom is -0.462 e. The van der Waals surface area contributed by atoms with Crippen molar-refractivity contribution < 1.29 is 37.6 Å². The lowest BCUT2D eigenvalue weighted by Crippen LogP contribution is -2.29. The van der Waals surface area contributed by atoms with Crippen LogP contribution in [0, 0.1) is 0 Å². The molecule has 0 spiro atoms. The second-order valence-corrected chi connectivity index (χ2v) is 22.8. The Morgan fingerprint density at radius 2 is 0.614 bits per heavy atom. The molecule has 0 aromatic rings. The first-order valence-corrected chi connectivity index (χ1v) is 32.5. The molecule has 0 aliphatic heterocycles. The summed E-state index contributed by atoms with van der Waals surface area (Å²) in [6.45, 7) is 3.81. The van der Waals surface area contributed by atoms with E-state index in [0.29, 0.717) is 6.42 Å². The Hall–Kier alpha value is -0.990. The maximum Gasteiger partial charge on any atom is 0.472 e. The van der Waals surface area contributed by atoms with Crippen molar-refractivity contribution in [1.82, 2.24) is 0 Å². The van der Waals surface area contributed by atoms with Gasteiger partial charge in [0.05, 0.1) is 13.2 Å². The van der Waals surface area contributed by atoms with Gasteiger partial charge in [-0.05, 0) is 12.8 Å². The lowest BCUT2D eigenvalue weighted by molar-refractivity contribution is -0.161. The van der Waals surface area contributed by atoms with Crippen LogP contribution in [0.3, 0.4) is 0 Å². The standard InChI is InChI=1S/C60H120NO8P/c1-3-5-7-9-11-13-15-17-19-20-21-22-23-24-25-26-27-28-29-30-31-32-33-34-35-36-37-38-39-41-43-45-47-49-51-53-60(63)69-58(57-68-70(64,65)67-55-54-61)56-66-59(62)52-50-48-46-44-42-40-18-16-14-12-10-8-6-4-2/h58H,3-57,61H2,1-2H3,(H,64,65). The van der Waals surface area contributed by atoms with E-state index in [1.165, 1.54) is 276 Å². The molecule has 3 N–H and O–H groups in total. The summed E-state index contributed by atoms with van der Waals surface area (Å²) < 4.78 is 33.0. The molecule has 418 valence electrons. The number of unbranched alkanes of at least 4 members (excludes halogenated alkanes) is 47. The summed E-state index contributed by atoms with van der Waals surface area (Å²) in [4.78, 5) is 35.1. The highest BCUT2D eigenvalue weighted by Gasteiger charge is 2.26. The fourth-order valence-corrected chi connectivity index (χ4v) is 10.4. The molecular formula is C60H120NO8P. The molecule has 2 unspecified atom stereocenters. The van der Waals surface area contributed by atoms with Gasteiger partial charge in [-0.3, -0.25) is 18.6 Å². The minimum absolute atomic E-state index is 0.0585. The molecule has 70 heavy (non-hydrogen) atoms. The summed E-state index contributed by atoms with van der Waals surface area (Å²) in [6.07, 6.45) is 64.8. The highest BCUT2D eigenvalue weighted by atomic mass is 31.2. The summed E-state index contributed by atoms with van der Waals surface area (Å²) in [5.74, 6) is -0.804. The van der Waals surface area contributed by atoms with Crippen molar-refractivity contribution >= 4 is 19.8 Å². The Kier molecular flexibility index (Phi) is 56.5. The fourth-order valence-electron chi connectivity index (χ4n) is 9.64. The molecule has 0 amide bonds. The van der Waals surface area contributed by atoms with Gasteiger partial charge in [-0.1, -0.05) is 316 Å². The summed E-state index contributed by atoms with van der Waals surface area (Å²) >= 11 is 0. The van der Waals surface area contributed by atoms with E-state index >= 15 is 0 Å². The van der Waals surface area contributed by atoms with E-state index in [-0.39, 0.29) is 38.6 Å². The van der Waals surface area contributed by atoms with Crippen molar-refractivity contribution in [3.05, 3.63) is 0 Å². The van der Waals surface area contributed by atoms with Gasteiger partial charge in [0.2, 0.25) is 0 Å². The van der Waals surface area contributed by atoms with Crippen LogP contribution in [0.1, 0.15) is 341 Å². The predicted molar refractivity (Wildman–Crippen MR) is 298 cm³/mol. The van der Waals surface area contributed by atoms with Gasteiger partial charge in [0.1, 0.15) is 6.61 Å².